The fourth-order valence-corrected chi connectivity index (χ4v) is 3.33. The van der Waals surface area contributed by atoms with Crippen molar-refractivity contribution in [3.63, 3.8) is 0 Å². The molecule has 34 heavy (non-hydrogen) atoms. The van der Waals surface area contributed by atoms with E-state index in [0.717, 1.165) is 0 Å². The third-order valence-corrected chi connectivity index (χ3v) is 4.56. The van der Waals surface area contributed by atoms with Crippen molar-refractivity contribution in [2.24, 2.45) is 0 Å². The summed E-state index contributed by atoms with van der Waals surface area (Å²) in [5, 5.41) is 0. The van der Waals surface area contributed by atoms with E-state index in [1.807, 2.05) is 50.3 Å². The molecule has 4 rings (SSSR count). The summed E-state index contributed by atoms with van der Waals surface area (Å²) < 4.78 is 22.5. The Hall–Kier alpha value is -2.91. The maximum absolute atomic E-state index is 7.50. The van der Waals surface area contributed by atoms with Crippen LogP contribution in [-0.4, -0.2) is 0 Å². The van der Waals surface area contributed by atoms with Crippen molar-refractivity contribution >= 4 is 0 Å². The predicted octanol–water partition coefficient (Wildman–Crippen LogP) is 6.27. The number of hydrogen-bond acceptors (Lipinski definition) is 0. The molecule has 4 heteroatoms. The van der Waals surface area contributed by atoms with Crippen molar-refractivity contribution in [1.82, 2.24) is 0 Å². The standard InChI is InChI=1S/C22H18.C5H5.3CO.Mo/c1-2-18-22(19-12-6-3-7-13-19,20-14-8-4-9-15-20)21-16-10-5-11-17-21;1-2-4-5-3-1;3*1-2;/h3-18H,1H2;1-5H;;;;. The zero-order valence-electron chi connectivity index (χ0n) is 18.5. The molecule has 0 bridgehead atoms. The van der Waals surface area contributed by atoms with Crippen LogP contribution in [-0.2, 0) is 40.4 Å². The van der Waals surface area contributed by atoms with Crippen LogP contribution in [0.1, 0.15) is 16.7 Å². The molecule has 0 amide bonds. The molecule has 1 aliphatic rings. The maximum atomic E-state index is 7.50. The van der Waals surface area contributed by atoms with Gasteiger partial charge in [0.25, 0.3) is 0 Å². The van der Waals surface area contributed by atoms with Crippen LogP contribution in [0.4, 0.5) is 0 Å². The van der Waals surface area contributed by atoms with Gasteiger partial charge in [-0.1, -0.05) is 97.6 Å². The molecule has 0 aromatic heterocycles. The van der Waals surface area contributed by atoms with Crippen LogP contribution >= 0.6 is 0 Å². The summed E-state index contributed by atoms with van der Waals surface area (Å²) in [7, 11) is 0. The number of rotatable bonds is 4. The van der Waals surface area contributed by atoms with Gasteiger partial charge in [0, 0.05) is 21.1 Å². The first-order chi connectivity index (χ1) is 16.4. The zero-order chi connectivity index (χ0) is 24.8. The third-order valence-electron chi connectivity index (χ3n) is 4.56. The van der Waals surface area contributed by atoms with Gasteiger partial charge in [0.2, 0.25) is 0 Å². The van der Waals surface area contributed by atoms with Gasteiger partial charge in [-0.25, -0.2) is 0 Å². The molecule has 0 saturated heterocycles. The van der Waals surface area contributed by atoms with Crippen molar-refractivity contribution < 1.29 is 35.0 Å². The molecule has 167 valence electrons. The molecule has 0 aliphatic heterocycles. The van der Waals surface area contributed by atoms with Gasteiger partial charge in [0.15, 0.2) is 0 Å². The summed E-state index contributed by atoms with van der Waals surface area (Å²) >= 11 is 0. The Morgan fingerprint density at radius 3 is 0.971 bits per heavy atom. The van der Waals surface area contributed by atoms with Crippen LogP contribution in [0, 0.1) is 52.1 Å². The van der Waals surface area contributed by atoms with Crippen LogP contribution in [0.2, 0.25) is 0 Å². The van der Waals surface area contributed by atoms with Crippen LogP contribution < -0.4 is 0 Å². The first-order valence-electron chi connectivity index (χ1n) is 9.69. The molecular formula is C30H23MoO3. The minimum absolute atomic E-state index is 0. The van der Waals surface area contributed by atoms with Crippen LogP contribution in [0.15, 0.2) is 109 Å². The second kappa shape index (κ2) is 21.9. The first-order valence-corrected chi connectivity index (χ1v) is 9.69. The third kappa shape index (κ3) is 9.92. The molecule has 3 aromatic carbocycles. The molecule has 3 aromatic rings. The van der Waals surface area contributed by atoms with Crippen molar-refractivity contribution in [2.45, 2.75) is 5.41 Å². The zero-order valence-corrected chi connectivity index (χ0v) is 20.5. The van der Waals surface area contributed by atoms with E-state index in [1.54, 1.807) is 0 Å². The average Bonchev–Trinajstić information content (AvgIpc) is 3.53. The predicted molar refractivity (Wildman–Crippen MR) is 126 cm³/mol. The summed E-state index contributed by atoms with van der Waals surface area (Å²) in [5.41, 5.74) is 6.29. The second-order valence-corrected chi connectivity index (χ2v) is 6.22. The summed E-state index contributed by atoms with van der Waals surface area (Å²) in [4.78, 5) is 0. The second-order valence-electron chi connectivity index (χ2n) is 6.22. The van der Waals surface area contributed by atoms with Crippen molar-refractivity contribution in [1.29, 1.82) is 0 Å². The molecule has 1 aliphatic carbocycles. The molecular weight excluding hydrogens is 504 g/mol. The van der Waals surface area contributed by atoms with Crippen LogP contribution in [0.3, 0.4) is 0 Å². The molecule has 1 fully saturated rings. The molecule has 0 N–H and O–H groups in total. The monoisotopic (exact) mass is 529 g/mol. The molecule has 5 radical (unpaired) electrons. The first kappa shape index (κ1) is 33.3. The van der Waals surface area contributed by atoms with Gasteiger partial charge in [-0.2, -0.15) is 0 Å². The van der Waals surface area contributed by atoms with Gasteiger partial charge in [-0.05, 0) is 54.9 Å². The minimum Gasteiger partial charge on any atom is -0.0312 e. The van der Waals surface area contributed by atoms with Crippen molar-refractivity contribution in [2.75, 3.05) is 0 Å². The largest absolute Gasteiger partial charge is 0.0312 e. The van der Waals surface area contributed by atoms with E-state index in [-0.39, 0.29) is 26.5 Å². The SMILES string of the molecule is C=C=CC(c1ccccc1)(c1ccccc1)c1ccccc1.[C-]#[O+].[C-]#[O+].[C-]#[O+].[CH]1[CH][CH][CH][CH]1.[Mo]. The van der Waals surface area contributed by atoms with E-state index in [1.165, 1.54) is 16.7 Å². The fourth-order valence-electron chi connectivity index (χ4n) is 3.33. The quantitative estimate of drug-likeness (QED) is 0.126. The van der Waals surface area contributed by atoms with Gasteiger partial charge in [0.05, 0.1) is 5.41 Å². The van der Waals surface area contributed by atoms with Gasteiger partial charge >= 0.3 is 33.9 Å². The Kier molecular flexibility index (Phi) is 21.4. The molecule has 0 unspecified atom stereocenters. The van der Waals surface area contributed by atoms with Gasteiger partial charge in [0.1, 0.15) is 0 Å². The van der Waals surface area contributed by atoms with E-state index in [4.69, 9.17) is 14.0 Å². The summed E-state index contributed by atoms with van der Waals surface area (Å²) in [6.07, 6.45) is 12.1. The Bertz CT molecular complexity index is 864. The Morgan fingerprint density at radius 2 is 0.765 bits per heavy atom. The van der Waals surface area contributed by atoms with E-state index in [2.05, 4.69) is 111 Å². The molecule has 3 nitrogen and oxygen atoms in total. The summed E-state index contributed by atoms with van der Waals surface area (Å²) in [6, 6.07) is 31.6. The molecule has 0 heterocycles. The van der Waals surface area contributed by atoms with Crippen molar-refractivity contribution in [3.8, 4) is 0 Å². The van der Waals surface area contributed by atoms with Crippen LogP contribution in [0.25, 0.3) is 0 Å². The van der Waals surface area contributed by atoms with Gasteiger partial charge in [-0.15, -0.1) is 5.73 Å². The molecule has 0 spiro atoms. The average molecular weight is 527 g/mol. The van der Waals surface area contributed by atoms with Crippen LogP contribution in [0.5, 0.6) is 0 Å². The smallest absolute Gasteiger partial charge is 0 e. The van der Waals surface area contributed by atoms with E-state index >= 15 is 0 Å². The Morgan fingerprint density at radius 1 is 0.529 bits per heavy atom. The number of benzene rings is 3. The fraction of sp³-hybridized carbons (Fsp3) is 0.0333. The Labute approximate surface area is 218 Å². The van der Waals surface area contributed by atoms with E-state index in [0.29, 0.717) is 0 Å². The Balaban J connectivity index is 0. The van der Waals surface area contributed by atoms with E-state index in [9.17, 15) is 0 Å². The number of hydrogen-bond donors (Lipinski definition) is 0. The topological polar surface area (TPSA) is 59.7 Å². The summed E-state index contributed by atoms with van der Waals surface area (Å²) in [5.74, 6) is 0. The van der Waals surface area contributed by atoms with Gasteiger partial charge in [-0.3, -0.25) is 0 Å². The minimum atomic E-state index is -0.370. The number of allylic oxidation sites excluding steroid dienone is 1. The maximum Gasteiger partial charge on any atom is 0 e. The van der Waals surface area contributed by atoms with E-state index < -0.39 is 0 Å². The molecule has 0 atom stereocenters. The molecule has 1 saturated carbocycles. The summed E-state index contributed by atoms with van der Waals surface area (Å²) in [6.45, 7) is 17.3. The van der Waals surface area contributed by atoms with Crippen molar-refractivity contribution in [3.05, 3.63) is 178 Å². The van der Waals surface area contributed by atoms with Gasteiger partial charge < -0.3 is 0 Å². The normalized spacial score (nSPS) is 10.6.